The molecular weight excluding hydrogens is 212 g/mol. The highest BCUT2D eigenvalue weighted by Crippen LogP contribution is 2.50. The second kappa shape index (κ2) is 3.66. The molecule has 0 aromatic heterocycles. The summed E-state index contributed by atoms with van der Waals surface area (Å²) in [6, 6.07) is 3.89. The predicted octanol–water partition coefficient (Wildman–Crippen LogP) is 3.79. The Morgan fingerprint density at radius 1 is 1.18 bits per heavy atom. The lowest BCUT2D eigenvalue weighted by molar-refractivity contribution is 0.0712. The Kier molecular flexibility index (Phi) is 2.64. The molecule has 2 rings (SSSR count). The van der Waals surface area contributed by atoms with E-state index >= 15 is 0 Å². The van der Waals surface area contributed by atoms with Crippen LogP contribution in [0.15, 0.2) is 12.1 Å². The average Bonchev–Trinajstić information content (AvgIpc) is 2.37. The van der Waals surface area contributed by atoms with Crippen molar-refractivity contribution in [1.29, 1.82) is 0 Å². The number of hydrogen-bond donors (Lipinski definition) is 1. The summed E-state index contributed by atoms with van der Waals surface area (Å²) in [5.74, 6) is 1.33. The number of ether oxygens (including phenoxy) is 1. The van der Waals surface area contributed by atoms with Crippen LogP contribution in [0.1, 0.15) is 52.2 Å². The van der Waals surface area contributed by atoms with Crippen LogP contribution in [0.2, 0.25) is 0 Å². The van der Waals surface area contributed by atoms with Gasteiger partial charge in [-0.1, -0.05) is 27.2 Å². The van der Waals surface area contributed by atoms with Crippen molar-refractivity contribution in [3.63, 3.8) is 0 Å². The quantitative estimate of drug-likeness (QED) is 0.843. The minimum absolute atomic E-state index is 0.0788. The van der Waals surface area contributed by atoms with Crippen LogP contribution in [0.4, 0.5) is 0 Å². The van der Waals surface area contributed by atoms with Crippen molar-refractivity contribution in [2.45, 2.75) is 58.5 Å². The molecule has 0 amide bonds. The number of benzene rings is 1. The Morgan fingerprint density at radius 2 is 1.82 bits per heavy atom. The van der Waals surface area contributed by atoms with Gasteiger partial charge in [0.1, 0.15) is 17.1 Å². The largest absolute Gasteiger partial charge is 0.508 e. The molecule has 17 heavy (non-hydrogen) atoms. The fourth-order valence-corrected chi connectivity index (χ4v) is 2.38. The molecule has 0 atom stereocenters. The predicted molar refractivity (Wildman–Crippen MR) is 69.8 cm³/mol. The Morgan fingerprint density at radius 3 is 2.41 bits per heavy atom. The molecular formula is C15H22O2. The molecule has 0 saturated carbocycles. The molecule has 2 heteroatoms. The lowest BCUT2D eigenvalue weighted by atomic mass is 9.73. The topological polar surface area (TPSA) is 29.5 Å². The zero-order valence-electron chi connectivity index (χ0n) is 11.4. The molecule has 94 valence electrons. The Labute approximate surface area is 104 Å². The van der Waals surface area contributed by atoms with E-state index in [2.05, 4.69) is 34.6 Å². The normalized spacial score (nSPS) is 19.8. The third-order valence-electron chi connectivity index (χ3n) is 4.24. The molecule has 2 nitrogen and oxygen atoms in total. The number of phenols is 1. The number of aromatic hydroxyl groups is 1. The standard InChI is InChI=1S/C15H22O2/c1-6-7-10-8-13-11(9-12(10)16)14(2,3)15(4,5)17-13/h8-9,16H,6-7H2,1-5H3. The molecule has 1 heterocycles. The Balaban J connectivity index is 2.53. The third kappa shape index (κ3) is 1.70. The van der Waals surface area contributed by atoms with E-state index in [9.17, 15) is 5.11 Å². The summed E-state index contributed by atoms with van der Waals surface area (Å²) in [7, 11) is 0. The molecule has 0 aliphatic carbocycles. The SMILES string of the molecule is CCCc1cc2c(cc1O)C(C)(C)C(C)(C)O2. The van der Waals surface area contributed by atoms with Crippen LogP contribution < -0.4 is 4.74 Å². The second-order valence-corrected chi connectivity index (χ2v) is 5.96. The average molecular weight is 234 g/mol. The summed E-state index contributed by atoms with van der Waals surface area (Å²) >= 11 is 0. The smallest absolute Gasteiger partial charge is 0.124 e. The van der Waals surface area contributed by atoms with Gasteiger partial charge in [-0.3, -0.25) is 0 Å². The molecule has 0 saturated heterocycles. The van der Waals surface area contributed by atoms with Crippen molar-refractivity contribution in [1.82, 2.24) is 0 Å². The molecule has 1 aliphatic rings. The van der Waals surface area contributed by atoms with Gasteiger partial charge in [0.05, 0.1) is 0 Å². The van der Waals surface area contributed by atoms with Crippen molar-refractivity contribution in [3.05, 3.63) is 23.3 Å². The van der Waals surface area contributed by atoms with Gasteiger partial charge in [0.2, 0.25) is 0 Å². The summed E-state index contributed by atoms with van der Waals surface area (Å²) in [4.78, 5) is 0. The van der Waals surface area contributed by atoms with E-state index in [1.165, 1.54) is 0 Å². The van der Waals surface area contributed by atoms with E-state index in [0.717, 1.165) is 29.7 Å². The fraction of sp³-hybridized carbons (Fsp3) is 0.600. The zero-order valence-corrected chi connectivity index (χ0v) is 11.4. The van der Waals surface area contributed by atoms with Gasteiger partial charge in [-0.25, -0.2) is 0 Å². The van der Waals surface area contributed by atoms with E-state index in [0.29, 0.717) is 5.75 Å². The van der Waals surface area contributed by atoms with E-state index in [1.807, 2.05) is 12.1 Å². The van der Waals surface area contributed by atoms with Crippen molar-refractivity contribution in [2.75, 3.05) is 0 Å². The Hall–Kier alpha value is -1.18. The molecule has 1 N–H and O–H groups in total. The molecule has 0 fully saturated rings. The van der Waals surface area contributed by atoms with Crippen LogP contribution >= 0.6 is 0 Å². The first-order valence-electron chi connectivity index (χ1n) is 6.35. The summed E-state index contributed by atoms with van der Waals surface area (Å²) in [6.07, 6.45) is 1.92. The van der Waals surface area contributed by atoms with E-state index in [1.54, 1.807) is 0 Å². The molecule has 0 radical (unpaired) electrons. The summed E-state index contributed by atoms with van der Waals surface area (Å²) in [5, 5.41) is 10.1. The van der Waals surface area contributed by atoms with Gasteiger partial charge in [0.25, 0.3) is 0 Å². The third-order valence-corrected chi connectivity index (χ3v) is 4.24. The molecule has 1 aromatic rings. The monoisotopic (exact) mass is 234 g/mol. The number of aryl methyl sites for hydroxylation is 1. The lowest BCUT2D eigenvalue weighted by Gasteiger charge is -2.33. The van der Waals surface area contributed by atoms with Crippen molar-refractivity contribution in [2.24, 2.45) is 0 Å². The summed E-state index contributed by atoms with van der Waals surface area (Å²) in [6.45, 7) is 10.6. The molecule has 0 unspecified atom stereocenters. The molecule has 1 aromatic carbocycles. The van der Waals surface area contributed by atoms with E-state index in [-0.39, 0.29) is 11.0 Å². The second-order valence-electron chi connectivity index (χ2n) is 5.96. The van der Waals surface area contributed by atoms with Crippen LogP contribution in [0, 0.1) is 0 Å². The van der Waals surface area contributed by atoms with Crippen LogP contribution in [0.3, 0.4) is 0 Å². The van der Waals surface area contributed by atoms with Crippen LogP contribution in [-0.2, 0) is 11.8 Å². The van der Waals surface area contributed by atoms with Crippen LogP contribution in [-0.4, -0.2) is 10.7 Å². The van der Waals surface area contributed by atoms with Gasteiger partial charge in [-0.2, -0.15) is 0 Å². The maximum atomic E-state index is 10.1. The van der Waals surface area contributed by atoms with Gasteiger partial charge in [0, 0.05) is 11.0 Å². The van der Waals surface area contributed by atoms with E-state index in [4.69, 9.17) is 4.74 Å². The van der Waals surface area contributed by atoms with Gasteiger partial charge < -0.3 is 9.84 Å². The minimum atomic E-state index is -0.230. The zero-order chi connectivity index (χ0) is 12.8. The molecule has 1 aliphatic heterocycles. The first-order valence-corrected chi connectivity index (χ1v) is 6.35. The first kappa shape index (κ1) is 12.3. The molecule has 0 spiro atoms. The van der Waals surface area contributed by atoms with Crippen molar-refractivity contribution >= 4 is 0 Å². The van der Waals surface area contributed by atoms with Gasteiger partial charge in [-0.15, -0.1) is 0 Å². The van der Waals surface area contributed by atoms with Crippen molar-refractivity contribution in [3.8, 4) is 11.5 Å². The van der Waals surface area contributed by atoms with Crippen LogP contribution in [0.5, 0.6) is 11.5 Å². The fourth-order valence-electron chi connectivity index (χ4n) is 2.38. The van der Waals surface area contributed by atoms with Gasteiger partial charge in [-0.05, 0) is 38.0 Å². The lowest BCUT2D eigenvalue weighted by Crippen LogP contribution is -2.41. The van der Waals surface area contributed by atoms with Gasteiger partial charge >= 0.3 is 0 Å². The van der Waals surface area contributed by atoms with Crippen molar-refractivity contribution < 1.29 is 9.84 Å². The van der Waals surface area contributed by atoms with Crippen LogP contribution in [0.25, 0.3) is 0 Å². The maximum Gasteiger partial charge on any atom is 0.124 e. The number of rotatable bonds is 2. The first-order chi connectivity index (χ1) is 7.79. The highest BCUT2D eigenvalue weighted by atomic mass is 16.5. The minimum Gasteiger partial charge on any atom is -0.508 e. The highest BCUT2D eigenvalue weighted by Gasteiger charge is 2.48. The van der Waals surface area contributed by atoms with Gasteiger partial charge in [0.15, 0.2) is 0 Å². The molecule has 0 bridgehead atoms. The van der Waals surface area contributed by atoms with E-state index < -0.39 is 0 Å². The summed E-state index contributed by atoms with van der Waals surface area (Å²) in [5.41, 5.74) is 1.79. The number of fused-ring (bicyclic) bond motifs is 1. The highest BCUT2D eigenvalue weighted by molar-refractivity contribution is 5.53. The number of phenolic OH excluding ortho intramolecular Hbond substituents is 1. The summed E-state index contributed by atoms with van der Waals surface area (Å²) < 4.78 is 6.04. The Bertz CT molecular complexity index is 444. The number of hydrogen-bond acceptors (Lipinski definition) is 2. The maximum absolute atomic E-state index is 10.1.